The first-order chi connectivity index (χ1) is 7.50. The zero-order chi connectivity index (χ0) is 12.7. The average molecular weight is 295 g/mol. The molecular formula is C11H13BrF2O2. The van der Waals surface area contributed by atoms with Gasteiger partial charge in [-0.15, -0.1) is 0 Å². The lowest BCUT2D eigenvalue weighted by Crippen LogP contribution is -1.99. The Bertz CT molecular complexity index is 367. The minimum atomic E-state index is -0.999. The molecule has 0 heterocycles. The van der Waals surface area contributed by atoms with Gasteiger partial charge in [0, 0.05) is 12.5 Å². The number of benzene rings is 1. The molecule has 0 amide bonds. The molecule has 0 aromatic heterocycles. The highest BCUT2D eigenvalue weighted by molar-refractivity contribution is 9.10. The van der Waals surface area contributed by atoms with Crippen molar-refractivity contribution in [3.8, 4) is 0 Å². The molecule has 0 fully saturated rings. The van der Waals surface area contributed by atoms with Crippen LogP contribution in [0.1, 0.15) is 25.8 Å². The molecule has 0 aliphatic heterocycles. The second-order valence-corrected chi connectivity index (χ2v) is 3.55. The van der Waals surface area contributed by atoms with Crippen LogP contribution in [0.5, 0.6) is 0 Å². The molecule has 0 saturated carbocycles. The van der Waals surface area contributed by atoms with E-state index in [2.05, 4.69) is 15.9 Å². The van der Waals surface area contributed by atoms with E-state index >= 15 is 0 Å². The molecule has 0 radical (unpaired) electrons. The van der Waals surface area contributed by atoms with Crippen LogP contribution in [0.15, 0.2) is 16.6 Å². The molecule has 0 aliphatic carbocycles. The lowest BCUT2D eigenvalue weighted by molar-refractivity contribution is -0.136. The Balaban J connectivity index is 0.00000106. The van der Waals surface area contributed by atoms with Crippen LogP contribution >= 0.6 is 15.9 Å². The van der Waals surface area contributed by atoms with E-state index in [1.165, 1.54) is 0 Å². The molecule has 5 heteroatoms. The summed E-state index contributed by atoms with van der Waals surface area (Å²) in [5.74, 6) is -2.42. The molecule has 1 aromatic carbocycles. The maximum Gasteiger partial charge on any atom is 0.303 e. The van der Waals surface area contributed by atoms with Crippen molar-refractivity contribution < 1.29 is 18.7 Å². The second-order valence-electron chi connectivity index (χ2n) is 2.75. The highest BCUT2D eigenvalue weighted by atomic mass is 79.9. The first kappa shape index (κ1) is 15.0. The van der Waals surface area contributed by atoms with Crippen molar-refractivity contribution in [1.82, 2.24) is 0 Å². The summed E-state index contributed by atoms with van der Waals surface area (Å²) < 4.78 is 25.8. The van der Waals surface area contributed by atoms with Crippen molar-refractivity contribution in [2.45, 2.75) is 26.7 Å². The summed E-state index contributed by atoms with van der Waals surface area (Å²) in [6.45, 7) is 4.00. The molecular weight excluding hydrogens is 282 g/mol. The van der Waals surface area contributed by atoms with Gasteiger partial charge in [-0.2, -0.15) is 0 Å². The molecule has 0 bridgehead atoms. The van der Waals surface area contributed by atoms with E-state index in [-0.39, 0.29) is 17.3 Å². The van der Waals surface area contributed by atoms with Crippen LogP contribution in [0, 0.1) is 11.6 Å². The summed E-state index contributed by atoms with van der Waals surface area (Å²) in [6.07, 6.45) is -0.0495. The highest BCUT2D eigenvalue weighted by Crippen LogP contribution is 2.23. The van der Waals surface area contributed by atoms with Crippen molar-refractivity contribution in [3.05, 3.63) is 33.8 Å². The van der Waals surface area contributed by atoms with E-state index < -0.39 is 17.6 Å². The smallest absolute Gasteiger partial charge is 0.303 e. The fourth-order valence-corrected chi connectivity index (χ4v) is 1.46. The summed E-state index contributed by atoms with van der Waals surface area (Å²) in [5.41, 5.74) is 0.324. The quantitative estimate of drug-likeness (QED) is 0.862. The third-order valence-corrected chi connectivity index (χ3v) is 2.56. The third-order valence-electron chi connectivity index (χ3n) is 1.68. The zero-order valence-corrected chi connectivity index (χ0v) is 10.6. The molecule has 1 aromatic rings. The van der Waals surface area contributed by atoms with Gasteiger partial charge in [-0.3, -0.25) is 4.79 Å². The number of aliphatic carboxylic acids is 1. The van der Waals surface area contributed by atoms with Gasteiger partial charge in [0.15, 0.2) is 0 Å². The van der Waals surface area contributed by atoms with E-state index in [4.69, 9.17) is 5.11 Å². The van der Waals surface area contributed by atoms with Gasteiger partial charge < -0.3 is 5.11 Å². The van der Waals surface area contributed by atoms with Gasteiger partial charge >= 0.3 is 5.97 Å². The summed E-state index contributed by atoms with van der Waals surface area (Å²) in [7, 11) is 0. The molecule has 1 rings (SSSR count). The topological polar surface area (TPSA) is 37.3 Å². The second kappa shape index (κ2) is 7.33. The number of rotatable bonds is 3. The number of carbonyl (C=O) groups is 1. The van der Waals surface area contributed by atoms with E-state index in [1.54, 1.807) is 0 Å². The van der Waals surface area contributed by atoms with Crippen LogP contribution in [-0.2, 0) is 11.2 Å². The summed E-state index contributed by atoms with van der Waals surface area (Å²) in [4.78, 5) is 10.3. The number of carboxylic acid groups (broad SMARTS) is 1. The molecule has 0 spiro atoms. The SMILES string of the molecule is CC.O=C(O)CCc1cc(F)cc(F)c1Br. The van der Waals surface area contributed by atoms with Gasteiger partial charge in [0.05, 0.1) is 4.47 Å². The first-order valence-corrected chi connectivity index (χ1v) is 5.65. The molecule has 0 saturated heterocycles. The molecule has 1 N–H and O–H groups in total. The highest BCUT2D eigenvalue weighted by Gasteiger charge is 2.09. The molecule has 2 nitrogen and oxygen atoms in total. The van der Waals surface area contributed by atoms with Crippen LogP contribution in [0.2, 0.25) is 0 Å². The minimum Gasteiger partial charge on any atom is -0.481 e. The van der Waals surface area contributed by atoms with E-state index in [0.717, 1.165) is 12.1 Å². The van der Waals surface area contributed by atoms with Gasteiger partial charge in [0.25, 0.3) is 0 Å². The Kier molecular flexibility index (Phi) is 6.88. The van der Waals surface area contributed by atoms with Crippen molar-refractivity contribution in [3.63, 3.8) is 0 Å². The molecule has 0 unspecified atom stereocenters. The van der Waals surface area contributed by atoms with E-state index in [9.17, 15) is 13.6 Å². The van der Waals surface area contributed by atoms with Gasteiger partial charge in [-0.1, -0.05) is 13.8 Å². The van der Waals surface area contributed by atoms with Crippen molar-refractivity contribution in [2.75, 3.05) is 0 Å². The maximum absolute atomic E-state index is 12.9. The number of carboxylic acids is 1. The third kappa shape index (κ3) is 4.70. The number of hydrogen-bond acceptors (Lipinski definition) is 1. The predicted molar refractivity (Wildman–Crippen MR) is 61.4 cm³/mol. The predicted octanol–water partition coefficient (Wildman–Crippen LogP) is 3.77. The minimum absolute atomic E-state index is 0.102. The van der Waals surface area contributed by atoms with Crippen molar-refractivity contribution >= 4 is 21.9 Å². The maximum atomic E-state index is 12.9. The van der Waals surface area contributed by atoms with Crippen molar-refractivity contribution in [1.29, 1.82) is 0 Å². The number of halogens is 3. The van der Waals surface area contributed by atoms with E-state index in [1.807, 2.05) is 13.8 Å². The number of hydrogen-bond donors (Lipinski definition) is 1. The monoisotopic (exact) mass is 294 g/mol. The van der Waals surface area contributed by atoms with E-state index in [0.29, 0.717) is 5.56 Å². The van der Waals surface area contributed by atoms with Crippen LogP contribution in [-0.4, -0.2) is 11.1 Å². The van der Waals surface area contributed by atoms with Gasteiger partial charge in [-0.05, 0) is 34.0 Å². The lowest BCUT2D eigenvalue weighted by Gasteiger charge is -2.03. The van der Waals surface area contributed by atoms with Gasteiger partial charge in [0.1, 0.15) is 11.6 Å². The normalized spacial score (nSPS) is 9.31. The Morgan fingerprint density at radius 1 is 1.38 bits per heavy atom. The Morgan fingerprint density at radius 3 is 2.44 bits per heavy atom. The summed E-state index contributed by atoms with van der Waals surface area (Å²) >= 11 is 2.93. The van der Waals surface area contributed by atoms with Gasteiger partial charge in [0.2, 0.25) is 0 Å². The Morgan fingerprint density at radius 2 is 1.94 bits per heavy atom. The lowest BCUT2D eigenvalue weighted by atomic mass is 10.1. The first-order valence-electron chi connectivity index (χ1n) is 4.86. The fourth-order valence-electron chi connectivity index (χ4n) is 1.03. The molecule has 0 atom stereocenters. The molecule has 90 valence electrons. The van der Waals surface area contributed by atoms with Crippen LogP contribution < -0.4 is 0 Å². The van der Waals surface area contributed by atoms with Crippen LogP contribution in [0.3, 0.4) is 0 Å². The fraction of sp³-hybridized carbons (Fsp3) is 0.364. The zero-order valence-electron chi connectivity index (χ0n) is 9.06. The Hall–Kier alpha value is -0.970. The Labute approximate surface area is 101 Å². The largest absolute Gasteiger partial charge is 0.481 e. The standard InChI is InChI=1S/C9H7BrF2O2.C2H6/c10-9-5(1-2-8(13)14)3-6(11)4-7(9)12;1-2/h3-4H,1-2H2,(H,13,14);1-2H3. The van der Waals surface area contributed by atoms with Crippen LogP contribution in [0.25, 0.3) is 0 Å². The summed E-state index contributed by atoms with van der Waals surface area (Å²) in [6, 6.07) is 1.87. The number of aryl methyl sites for hydroxylation is 1. The average Bonchev–Trinajstić information content (AvgIpc) is 2.24. The van der Waals surface area contributed by atoms with Crippen LogP contribution in [0.4, 0.5) is 8.78 Å². The van der Waals surface area contributed by atoms with Crippen molar-refractivity contribution in [2.24, 2.45) is 0 Å². The van der Waals surface area contributed by atoms with Gasteiger partial charge in [-0.25, -0.2) is 8.78 Å². The summed E-state index contributed by atoms with van der Waals surface area (Å²) in [5, 5.41) is 8.40. The molecule has 0 aliphatic rings. The molecule has 16 heavy (non-hydrogen) atoms.